The largest absolute Gasteiger partial charge is 0.481 e. The van der Waals surface area contributed by atoms with Crippen LogP contribution in [-0.4, -0.2) is 22.2 Å². The maximum Gasteiger partial charge on any atom is 0.307 e. The summed E-state index contributed by atoms with van der Waals surface area (Å²) in [6.45, 7) is 5.30. The van der Waals surface area contributed by atoms with Gasteiger partial charge >= 0.3 is 11.9 Å². The fourth-order valence-electron chi connectivity index (χ4n) is 2.55. The number of hydrogen-bond acceptors (Lipinski definition) is 2. The average molecular weight is 278 g/mol. The highest BCUT2D eigenvalue weighted by Gasteiger charge is 2.41. The number of aryl methyl sites for hydroxylation is 1. The maximum absolute atomic E-state index is 11.4. The van der Waals surface area contributed by atoms with Crippen molar-refractivity contribution in [3.63, 3.8) is 0 Å². The first kappa shape index (κ1) is 16.2. The van der Waals surface area contributed by atoms with Gasteiger partial charge in [-0.15, -0.1) is 0 Å². The fourth-order valence-corrected chi connectivity index (χ4v) is 2.55. The molecule has 0 radical (unpaired) electrons. The van der Waals surface area contributed by atoms with Gasteiger partial charge in [-0.1, -0.05) is 51.1 Å². The van der Waals surface area contributed by atoms with Crippen molar-refractivity contribution in [3.8, 4) is 0 Å². The highest BCUT2D eigenvalue weighted by Crippen LogP contribution is 2.35. The predicted octanol–water partition coefficient (Wildman–Crippen LogP) is 3.07. The Bertz CT molecular complexity index is 459. The van der Waals surface area contributed by atoms with Gasteiger partial charge in [0.05, 0.1) is 11.8 Å². The molecule has 0 aliphatic carbocycles. The Morgan fingerprint density at radius 3 is 2.00 bits per heavy atom. The quantitative estimate of drug-likeness (QED) is 0.838. The first-order valence-electron chi connectivity index (χ1n) is 6.73. The topological polar surface area (TPSA) is 74.6 Å². The van der Waals surface area contributed by atoms with E-state index in [9.17, 15) is 19.8 Å². The van der Waals surface area contributed by atoms with E-state index in [2.05, 4.69) is 0 Å². The predicted molar refractivity (Wildman–Crippen MR) is 76.5 cm³/mol. The molecular formula is C16H22O4. The molecule has 1 aromatic rings. The van der Waals surface area contributed by atoms with Gasteiger partial charge in [-0.25, -0.2) is 0 Å². The first-order valence-corrected chi connectivity index (χ1v) is 6.73. The molecule has 0 aliphatic heterocycles. The van der Waals surface area contributed by atoms with Crippen LogP contribution in [0.4, 0.5) is 0 Å². The Kier molecular flexibility index (Phi) is 5.31. The van der Waals surface area contributed by atoms with Crippen LogP contribution >= 0.6 is 0 Å². The molecule has 1 aromatic carbocycles. The number of hydrogen-bond donors (Lipinski definition) is 2. The molecular weight excluding hydrogens is 256 g/mol. The molecule has 110 valence electrons. The molecule has 2 atom stereocenters. The van der Waals surface area contributed by atoms with Crippen LogP contribution in [0.2, 0.25) is 0 Å². The molecule has 0 aromatic heterocycles. The van der Waals surface area contributed by atoms with Gasteiger partial charge in [0.15, 0.2) is 0 Å². The molecule has 0 amide bonds. The molecule has 0 aliphatic rings. The van der Waals surface area contributed by atoms with E-state index in [1.54, 1.807) is 20.8 Å². The normalized spacial score (nSPS) is 14.6. The second-order valence-electron chi connectivity index (χ2n) is 6.15. The fraction of sp³-hybridized carbons (Fsp3) is 0.500. The third-order valence-electron chi connectivity index (χ3n) is 3.51. The summed E-state index contributed by atoms with van der Waals surface area (Å²) < 4.78 is 0. The summed E-state index contributed by atoms with van der Waals surface area (Å²) >= 11 is 0. The number of aliphatic carboxylic acids is 2. The van der Waals surface area contributed by atoms with Crippen molar-refractivity contribution in [1.29, 1.82) is 0 Å². The van der Waals surface area contributed by atoms with Crippen molar-refractivity contribution in [1.82, 2.24) is 0 Å². The van der Waals surface area contributed by atoms with Gasteiger partial charge in [0.2, 0.25) is 0 Å². The van der Waals surface area contributed by atoms with E-state index in [-0.39, 0.29) is 0 Å². The van der Waals surface area contributed by atoms with Crippen LogP contribution in [0.5, 0.6) is 0 Å². The van der Waals surface area contributed by atoms with Crippen molar-refractivity contribution in [3.05, 3.63) is 35.9 Å². The van der Waals surface area contributed by atoms with Crippen LogP contribution in [0.1, 0.15) is 32.8 Å². The molecule has 20 heavy (non-hydrogen) atoms. The summed E-state index contributed by atoms with van der Waals surface area (Å²) in [5.41, 5.74) is 0.433. The van der Waals surface area contributed by atoms with E-state index < -0.39 is 29.2 Å². The molecule has 1 unspecified atom stereocenters. The Hall–Kier alpha value is -1.84. The van der Waals surface area contributed by atoms with Gasteiger partial charge in [-0.2, -0.15) is 0 Å². The summed E-state index contributed by atoms with van der Waals surface area (Å²) in [6, 6.07) is 9.53. The Morgan fingerprint density at radius 2 is 1.60 bits per heavy atom. The maximum atomic E-state index is 11.4. The lowest BCUT2D eigenvalue weighted by molar-refractivity contribution is -0.158. The van der Waals surface area contributed by atoms with Crippen LogP contribution in [0.15, 0.2) is 30.3 Å². The number of rotatable bonds is 6. The third kappa shape index (κ3) is 4.37. The second kappa shape index (κ2) is 6.55. The zero-order chi connectivity index (χ0) is 15.3. The number of carboxylic acids is 2. The van der Waals surface area contributed by atoms with Crippen molar-refractivity contribution < 1.29 is 19.8 Å². The molecule has 0 saturated heterocycles. The molecule has 4 heteroatoms. The first-order chi connectivity index (χ1) is 9.23. The minimum Gasteiger partial charge on any atom is -0.481 e. The van der Waals surface area contributed by atoms with Gasteiger partial charge in [-0.3, -0.25) is 9.59 Å². The van der Waals surface area contributed by atoms with Crippen LogP contribution in [0.3, 0.4) is 0 Å². The van der Waals surface area contributed by atoms with Crippen LogP contribution in [0.25, 0.3) is 0 Å². The number of carbonyl (C=O) groups is 2. The van der Waals surface area contributed by atoms with E-state index in [4.69, 9.17) is 0 Å². The van der Waals surface area contributed by atoms with E-state index in [0.29, 0.717) is 12.8 Å². The van der Waals surface area contributed by atoms with Crippen LogP contribution < -0.4 is 0 Å². The van der Waals surface area contributed by atoms with E-state index in [0.717, 1.165) is 5.56 Å². The summed E-state index contributed by atoms with van der Waals surface area (Å²) in [6.07, 6.45) is 0.894. The molecule has 0 saturated carbocycles. The Balaban J connectivity index is 2.88. The van der Waals surface area contributed by atoms with Crippen molar-refractivity contribution in [2.75, 3.05) is 0 Å². The highest BCUT2D eigenvalue weighted by molar-refractivity contribution is 5.80. The van der Waals surface area contributed by atoms with Crippen molar-refractivity contribution in [2.24, 2.45) is 17.3 Å². The van der Waals surface area contributed by atoms with E-state index in [1.807, 2.05) is 30.3 Å². The number of benzene rings is 1. The van der Waals surface area contributed by atoms with E-state index in [1.165, 1.54) is 0 Å². The zero-order valence-corrected chi connectivity index (χ0v) is 12.2. The number of carboxylic acid groups (broad SMARTS) is 2. The summed E-state index contributed by atoms with van der Waals surface area (Å²) in [5, 5.41) is 18.7. The molecule has 0 heterocycles. The molecule has 2 N–H and O–H groups in total. The molecule has 0 bridgehead atoms. The molecule has 0 fully saturated rings. The van der Waals surface area contributed by atoms with Gasteiger partial charge in [0, 0.05) is 0 Å². The van der Waals surface area contributed by atoms with Gasteiger partial charge in [0.1, 0.15) is 0 Å². The van der Waals surface area contributed by atoms with Gasteiger partial charge in [-0.05, 0) is 23.8 Å². The second-order valence-corrected chi connectivity index (χ2v) is 6.15. The Morgan fingerprint density at radius 1 is 1.05 bits per heavy atom. The lowest BCUT2D eigenvalue weighted by Gasteiger charge is -2.31. The lowest BCUT2D eigenvalue weighted by Crippen LogP contribution is -2.39. The van der Waals surface area contributed by atoms with Crippen molar-refractivity contribution >= 4 is 11.9 Å². The van der Waals surface area contributed by atoms with Gasteiger partial charge in [0.25, 0.3) is 0 Å². The molecule has 1 rings (SSSR count). The SMILES string of the molecule is CC(C)(C)[C@H](C(=O)O)C(CCc1ccccc1)C(=O)O. The minimum atomic E-state index is -1.04. The highest BCUT2D eigenvalue weighted by atomic mass is 16.4. The van der Waals surface area contributed by atoms with E-state index >= 15 is 0 Å². The lowest BCUT2D eigenvalue weighted by atomic mass is 9.71. The smallest absolute Gasteiger partial charge is 0.307 e. The Labute approximate surface area is 119 Å². The minimum absolute atomic E-state index is 0.327. The zero-order valence-electron chi connectivity index (χ0n) is 12.2. The summed E-state index contributed by atoms with van der Waals surface area (Å²) in [5.74, 6) is -3.86. The summed E-state index contributed by atoms with van der Waals surface area (Å²) in [7, 11) is 0. The molecule has 0 spiro atoms. The van der Waals surface area contributed by atoms with Crippen LogP contribution in [0, 0.1) is 17.3 Å². The summed E-state index contributed by atoms with van der Waals surface area (Å²) in [4.78, 5) is 22.9. The monoisotopic (exact) mass is 278 g/mol. The molecule has 4 nitrogen and oxygen atoms in total. The third-order valence-corrected chi connectivity index (χ3v) is 3.51. The van der Waals surface area contributed by atoms with Crippen LogP contribution in [-0.2, 0) is 16.0 Å². The average Bonchev–Trinajstić information content (AvgIpc) is 2.33. The van der Waals surface area contributed by atoms with Gasteiger partial charge < -0.3 is 10.2 Å². The van der Waals surface area contributed by atoms with Crippen molar-refractivity contribution in [2.45, 2.75) is 33.6 Å². The standard InChI is InChI=1S/C16H22O4/c1-16(2,3)13(15(19)20)12(14(17)18)10-9-11-7-5-4-6-8-11/h4-8,12-13H,9-10H2,1-3H3,(H,17,18)(H,19,20)/t12?,13-/m0/s1.